The smallest absolute Gasteiger partial charge is 0.303 e. The van der Waals surface area contributed by atoms with Crippen LogP contribution >= 0.6 is 0 Å². The Morgan fingerprint density at radius 3 is 3.06 bits per heavy atom. The van der Waals surface area contributed by atoms with E-state index in [-0.39, 0.29) is 12.2 Å². The van der Waals surface area contributed by atoms with Crippen LogP contribution in [0.5, 0.6) is 0 Å². The molecule has 0 fully saturated rings. The molecule has 0 aliphatic heterocycles. The number of rotatable bonds is 4. The van der Waals surface area contributed by atoms with Crippen LogP contribution in [0.3, 0.4) is 0 Å². The molecule has 0 aliphatic rings. The predicted molar refractivity (Wildman–Crippen MR) is 54.5 cm³/mol. The second-order valence-corrected chi connectivity index (χ2v) is 3.47. The number of benzene rings is 1. The maximum atomic E-state index is 12.8. The van der Waals surface area contributed by atoms with Gasteiger partial charge in [-0.05, 0) is 18.6 Å². The number of aromatic nitrogens is 1. The molecule has 0 atom stereocenters. The second kappa shape index (κ2) is 4.30. The van der Waals surface area contributed by atoms with Crippen molar-refractivity contribution in [1.29, 1.82) is 0 Å². The summed E-state index contributed by atoms with van der Waals surface area (Å²) >= 11 is 0. The Hall–Kier alpha value is -1.91. The van der Waals surface area contributed by atoms with Crippen molar-refractivity contribution in [2.24, 2.45) is 0 Å². The van der Waals surface area contributed by atoms with Crippen LogP contribution in [0.25, 0.3) is 11.1 Å². The lowest BCUT2D eigenvalue weighted by atomic mass is 10.2. The van der Waals surface area contributed by atoms with Crippen LogP contribution in [0.4, 0.5) is 4.39 Å². The minimum absolute atomic E-state index is 0.0765. The summed E-state index contributed by atoms with van der Waals surface area (Å²) < 4.78 is 18.2. The first-order valence-electron chi connectivity index (χ1n) is 4.92. The molecular weight excluding hydrogens is 213 g/mol. The van der Waals surface area contributed by atoms with Crippen molar-refractivity contribution in [1.82, 2.24) is 4.98 Å². The molecule has 1 heterocycles. The van der Waals surface area contributed by atoms with E-state index in [1.807, 2.05) is 0 Å². The predicted octanol–water partition coefficient (Wildman–Crippen LogP) is 2.37. The number of hydrogen-bond acceptors (Lipinski definition) is 3. The van der Waals surface area contributed by atoms with Crippen molar-refractivity contribution in [3.63, 3.8) is 0 Å². The SMILES string of the molecule is O=C(O)CCCc1nc2cc(F)ccc2o1. The molecule has 1 N–H and O–H groups in total. The molecule has 1 aromatic heterocycles. The fourth-order valence-corrected chi connectivity index (χ4v) is 1.45. The maximum Gasteiger partial charge on any atom is 0.303 e. The first kappa shape index (κ1) is 10.6. The van der Waals surface area contributed by atoms with Crippen LogP contribution < -0.4 is 0 Å². The summed E-state index contributed by atoms with van der Waals surface area (Å²) in [7, 11) is 0. The number of aliphatic carboxylic acids is 1. The molecule has 0 saturated carbocycles. The van der Waals surface area contributed by atoms with E-state index in [4.69, 9.17) is 9.52 Å². The lowest BCUT2D eigenvalue weighted by molar-refractivity contribution is -0.137. The topological polar surface area (TPSA) is 63.3 Å². The van der Waals surface area contributed by atoms with Gasteiger partial charge >= 0.3 is 5.97 Å². The number of aryl methyl sites for hydroxylation is 1. The number of halogens is 1. The largest absolute Gasteiger partial charge is 0.481 e. The van der Waals surface area contributed by atoms with Gasteiger partial charge in [-0.3, -0.25) is 4.79 Å². The van der Waals surface area contributed by atoms with Gasteiger partial charge in [-0.2, -0.15) is 0 Å². The molecule has 4 nitrogen and oxygen atoms in total. The number of nitrogens with zero attached hydrogens (tertiary/aromatic N) is 1. The van der Waals surface area contributed by atoms with Crippen LogP contribution in [0.15, 0.2) is 22.6 Å². The monoisotopic (exact) mass is 223 g/mol. The van der Waals surface area contributed by atoms with Gasteiger partial charge in [-0.15, -0.1) is 0 Å². The maximum absolute atomic E-state index is 12.8. The van der Waals surface area contributed by atoms with Crippen LogP contribution in [0.2, 0.25) is 0 Å². The second-order valence-electron chi connectivity index (χ2n) is 3.47. The number of oxazole rings is 1. The highest BCUT2D eigenvalue weighted by atomic mass is 19.1. The minimum Gasteiger partial charge on any atom is -0.481 e. The van der Waals surface area contributed by atoms with Gasteiger partial charge in [-0.1, -0.05) is 0 Å². The first-order valence-corrected chi connectivity index (χ1v) is 4.92. The molecule has 2 aromatic rings. The molecule has 5 heteroatoms. The van der Waals surface area contributed by atoms with E-state index in [2.05, 4.69) is 4.98 Å². The van der Waals surface area contributed by atoms with Crippen molar-refractivity contribution < 1.29 is 18.7 Å². The minimum atomic E-state index is -0.845. The van der Waals surface area contributed by atoms with Crippen LogP contribution in [0.1, 0.15) is 18.7 Å². The van der Waals surface area contributed by atoms with E-state index in [9.17, 15) is 9.18 Å². The van der Waals surface area contributed by atoms with Gasteiger partial charge in [0.25, 0.3) is 0 Å². The molecule has 0 bridgehead atoms. The Labute approximate surface area is 90.7 Å². The van der Waals surface area contributed by atoms with Gasteiger partial charge in [0.05, 0.1) is 0 Å². The summed E-state index contributed by atoms with van der Waals surface area (Å²) in [6.45, 7) is 0. The Kier molecular flexibility index (Phi) is 2.85. The highest BCUT2D eigenvalue weighted by Crippen LogP contribution is 2.17. The molecule has 16 heavy (non-hydrogen) atoms. The van der Waals surface area contributed by atoms with Gasteiger partial charge in [0, 0.05) is 18.9 Å². The van der Waals surface area contributed by atoms with Crippen molar-refractivity contribution in [3.8, 4) is 0 Å². The summed E-state index contributed by atoms with van der Waals surface area (Å²) in [6.07, 6.45) is 0.986. The molecule has 84 valence electrons. The number of carboxylic acids is 1. The fourth-order valence-electron chi connectivity index (χ4n) is 1.45. The lowest BCUT2D eigenvalue weighted by Crippen LogP contribution is -1.95. The molecule has 2 rings (SSSR count). The summed E-state index contributed by atoms with van der Waals surface area (Å²) in [5, 5.41) is 8.47. The van der Waals surface area contributed by atoms with Gasteiger partial charge in [-0.25, -0.2) is 9.37 Å². The third-order valence-electron chi connectivity index (χ3n) is 2.18. The van der Waals surface area contributed by atoms with E-state index < -0.39 is 5.97 Å². The van der Waals surface area contributed by atoms with Crippen LogP contribution in [-0.2, 0) is 11.2 Å². The third-order valence-corrected chi connectivity index (χ3v) is 2.18. The zero-order valence-electron chi connectivity index (χ0n) is 8.44. The molecule has 0 spiro atoms. The number of fused-ring (bicyclic) bond motifs is 1. The quantitative estimate of drug-likeness (QED) is 0.864. The molecule has 0 amide bonds. The molecule has 0 unspecified atom stereocenters. The molecule has 0 radical (unpaired) electrons. The number of carbonyl (C=O) groups is 1. The van der Waals surface area contributed by atoms with E-state index in [0.29, 0.717) is 29.8 Å². The highest BCUT2D eigenvalue weighted by molar-refractivity contribution is 5.72. The van der Waals surface area contributed by atoms with Gasteiger partial charge in [0.1, 0.15) is 11.3 Å². The average molecular weight is 223 g/mol. The lowest BCUT2D eigenvalue weighted by Gasteiger charge is -1.91. The van der Waals surface area contributed by atoms with Crippen molar-refractivity contribution in [2.45, 2.75) is 19.3 Å². The average Bonchev–Trinajstić information content (AvgIpc) is 2.58. The third kappa shape index (κ3) is 2.36. The Balaban J connectivity index is 2.10. The Bertz CT molecular complexity index is 521. The Morgan fingerprint density at radius 1 is 1.50 bits per heavy atom. The Morgan fingerprint density at radius 2 is 2.31 bits per heavy atom. The molecular formula is C11H10FNO3. The van der Waals surface area contributed by atoms with Crippen molar-refractivity contribution in [3.05, 3.63) is 29.9 Å². The van der Waals surface area contributed by atoms with E-state index in [0.717, 1.165) is 0 Å². The van der Waals surface area contributed by atoms with Gasteiger partial charge < -0.3 is 9.52 Å². The number of carboxylic acid groups (broad SMARTS) is 1. The normalized spacial score (nSPS) is 10.8. The standard InChI is InChI=1S/C11H10FNO3/c12-7-4-5-9-8(6-7)13-10(16-9)2-1-3-11(14)15/h4-6H,1-3H2,(H,14,15). The van der Waals surface area contributed by atoms with E-state index in [1.54, 1.807) is 0 Å². The van der Waals surface area contributed by atoms with Gasteiger partial charge in [0.15, 0.2) is 11.5 Å². The summed E-state index contributed by atoms with van der Waals surface area (Å²) in [5.74, 6) is -0.762. The van der Waals surface area contributed by atoms with Crippen LogP contribution in [0, 0.1) is 5.82 Å². The molecule has 1 aromatic carbocycles. The van der Waals surface area contributed by atoms with E-state index >= 15 is 0 Å². The van der Waals surface area contributed by atoms with Crippen LogP contribution in [-0.4, -0.2) is 16.1 Å². The molecule has 0 saturated heterocycles. The summed E-state index contributed by atoms with van der Waals surface area (Å²) in [4.78, 5) is 14.4. The van der Waals surface area contributed by atoms with E-state index in [1.165, 1.54) is 18.2 Å². The van der Waals surface area contributed by atoms with Crippen molar-refractivity contribution >= 4 is 17.1 Å². The first-order chi connectivity index (χ1) is 7.65. The summed E-state index contributed by atoms with van der Waals surface area (Å²) in [6, 6.07) is 4.10. The fraction of sp³-hybridized carbons (Fsp3) is 0.273. The molecule has 0 aliphatic carbocycles. The van der Waals surface area contributed by atoms with Gasteiger partial charge in [0.2, 0.25) is 0 Å². The zero-order valence-corrected chi connectivity index (χ0v) is 8.44. The highest BCUT2D eigenvalue weighted by Gasteiger charge is 2.07. The number of hydrogen-bond donors (Lipinski definition) is 1. The van der Waals surface area contributed by atoms with Crippen molar-refractivity contribution in [2.75, 3.05) is 0 Å². The zero-order chi connectivity index (χ0) is 11.5. The summed E-state index contributed by atoms with van der Waals surface area (Å²) in [5.41, 5.74) is 0.983.